The maximum Gasteiger partial charge on any atom is 0.366 e. The van der Waals surface area contributed by atoms with E-state index in [1.807, 2.05) is 5.48 Å². The van der Waals surface area contributed by atoms with E-state index >= 15 is 0 Å². The summed E-state index contributed by atoms with van der Waals surface area (Å²) in [5.74, 6) is -0.645. The lowest BCUT2D eigenvalue weighted by Gasteiger charge is -2.02. The quantitative estimate of drug-likeness (QED) is 0.459. The van der Waals surface area contributed by atoms with Crippen molar-refractivity contribution < 1.29 is 9.63 Å². The highest BCUT2D eigenvalue weighted by atomic mass is 32.1. The number of carbonyl (C=O) groups is 1. The van der Waals surface area contributed by atoms with E-state index in [0.29, 0.717) is 0 Å². The number of thiocarbonyl (C=S) groups is 1. The Morgan fingerprint density at radius 1 is 1.54 bits per heavy atom. The third-order valence-corrected chi connectivity index (χ3v) is 1.12. The lowest BCUT2D eigenvalue weighted by atomic mass is 10.4. The topological polar surface area (TPSA) is 90.1 Å². The van der Waals surface area contributed by atoms with Crippen LogP contribution >= 0.6 is 12.2 Å². The fraction of sp³-hybridized carbons (Fsp3) is 0. The van der Waals surface area contributed by atoms with Crippen LogP contribution in [0.25, 0.3) is 0 Å². The van der Waals surface area contributed by atoms with Crippen LogP contribution in [0, 0.1) is 0 Å². The first kappa shape index (κ1) is 9.33. The minimum Gasteiger partial charge on any atom is -0.374 e. The Hall–Kier alpha value is -1.76. The van der Waals surface area contributed by atoms with Crippen LogP contribution in [0.2, 0.25) is 0 Å². The fourth-order valence-corrected chi connectivity index (χ4v) is 0.602. The molecule has 0 atom stereocenters. The van der Waals surface area contributed by atoms with E-state index in [2.05, 4.69) is 27.0 Å². The summed E-state index contributed by atoms with van der Waals surface area (Å²) in [6.45, 7) is 0. The van der Waals surface area contributed by atoms with Gasteiger partial charge in [-0.3, -0.25) is 0 Å². The molecular weight excluding hydrogens is 192 g/mol. The molecule has 0 aliphatic carbocycles. The first-order valence-corrected chi connectivity index (χ1v) is 3.62. The predicted octanol–water partition coefficient (Wildman–Crippen LogP) is -0.618. The lowest BCUT2D eigenvalue weighted by molar-refractivity contribution is 0.0387. The molecule has 0 bridgehead atoms. The number of nitrogens with one attached hydrogen (secondary N) is 1. The lowest BCUT2D eigenvalue weighted by Crippen LogP contribution is -2.31. The Morgan fingerprint density at radius 3 is 2.69 bits per heavy atom. The Balaban J connectivity index is 2.54. The molecule has 0 amide bonds. The average molecular weight is 198 g/mol. The SMILES string of the molecule is NC(=S)NOC(=O)c1cncnc1. The van der Waals surface area contributed by atoms with Gasteiger partial charge in [0.2, 0.25) is 0 Å². The molecule has 0 aromatic carbocycles. The summed E-state index contributed by atoms with van der Waals surface area (Å²) < 4.78 is 0. The molecule has 1 rings (SSSR count). The molecule has 0 unspecified atom stereocenters. The molecule has 1 aromatic rings. The Labute approximate surface area is 79.1 Å². The van der Waals surface area contributed by atoms with Gasteiger partial charge < -0.3 is 10.6 Å². The number of hydroxylamine groups is 1. The van der Waals surface area contributed by atoms with Crippen molar-refractivity contribution in [2.24, 2.45) is 5.73 Å². The van der Waals surface area contributed by atoms with Crippen LogP contribution in [0.1, 0.15) is 10.4 Å². The first-order chi connectivity index (χ1) is 6.20. The van der Waals surface area contributed by atoms with E-state index in [0.717, 1.165) is 0 Å². The van der Waals surface area contributed by atoms with Crippen molar-refractivity contribution in [3.63, 3.8) is 0 Å². The Morgan fingerprint density at radius 2 is 2.15 bits per heavy atom. The van der Waals surface area contributed by atoms with Crippen molar-refractivity contribution >= 4 is 23.3 Å². The number of carbonyl (C=O) groups excluding carboxylic acids is 1. The summed E-state index contributed by atoms with van der Waals surface area (Å²) >= 11 is 4.42. The largest absolute Gasteiger partial charge is 0.374 e. The molecule has 1 heterocycles. The van der Waals surface area contributed by atoms with Gasteiger partial charge in [0.25, 0.3) is 0 Å². The molecular formula is C6H6N4O2S. The number of hydrogen-bond acceptors (Lipinski definition) is 5. The van der Waals surface area contributed by atoms with Crippen LogP contribution in [-0.2, 0) is 4.84 Å². The summed E-state index contributed by atoms with van der Waals surface area (Å²) in [6.07, 6.45) is 3.94. The standard InChI is InChI=1S/C6H6N4O2S/c7-6(13)10-12-5(11)4-1-8-3-9-2-4/h1-3H,(H3,7,10,13). The molecule has 0 fully saturated rings. The molecule has 0 saturated carbocycles. The highest BCUT2D eigenvalue weighted by Gasteiger charge is 2.07. The van der Waals surface area contributed by atoms with Gasteiger partial charge in [-0.1, -0.05) is 0 Å². The second kappa shape index (κ2) is 4.31. The number of rotatable bonds is 1. The molecule has 68 valence electrons. The summed E-state index contributed by atoms with van der Waals surface area (Å²) in [6, 6.07) is 0. The molecule has 1 aromatic heterocycles. The van der Waals surface area contributed by atoms with Crippen molar-refractivity contribution in [2.45, 2.75) is 0 Å². The van der Waals surface area contributed by atoms with Gasteiger partial charge in [0.15, 0.2) is 5.11 Å². The molecule has 3 N–H and O–H groups in total. The molecule has 0 saturated heterocycles. The van der Waals surface area contributed by atoms with E-state index in [4.69, 9.17) is 5.73 Å². The number of aromatic nitrogens is 2. The summed E-state index contributed by atoms with van der Waals surface area (Å²) in [5, 5.41) is -0.120. The van der Waals surface area contributed by atoms with E-state index < -0.39 is 5.97 Å². The van der Waals surface area contributed by atoms with Gasteiger partial charge in [-0.25, -0.2) is 14.8 Å². The second-order valence-electron chi connectivity index (χ2n) is 1.98. The summed E-state index contributed by atoms with van der Waals surface area (Å²) in [4.78, 5) is 22.8. The van der Waals surface area contributed by atoms with E-state index in [1.54, 1.807) is 0 Å². The third kappa shape index (κ3) is 2.99. The van der Waals surface area contributed by atoms with Crippen molar-refractivity contribution in [1.82, 2.24) is 15.4 Å². The van der Waals surface area contributed by atoms with Crippen LogP contribution < -0.4 is 11.2 Å². The van der Waals surface area contributed by atoms with Gasteiger partial charge in [0.1, 0.15) is 6.33 Å². The molecule has 13 heavy (non-hydrogen) atoms. The molecule has 0 aliphatic heterocycles. The predicted molar refractivity (Wildman–Crippen MR) is 47.4 cm³/mol. The first-order valence-electron chi connectivity index (χ1n) is 3.22. The van der Waals surface area contributed by atoms with E-state index in [9.17, 15) is 4.79 Å². The van der Waals surface area contributed by atoms with Gasteiger partial charge >= 0.3 is 5.97 Å². The van der Waals surface area contributed by atoms with Gasteiger partial charge in [-0.05, 0) is 12.2 Å². The normalized spacial score (nSPS) is 8.92. The fourth-order valence-electron chi connectivity index (χ4n) is 0.560. The van der Waals surface area contributed by atoms with Gasteiger partial charge in [0, 0.05) is 12.4 Å². The molecule has 0 radical (unpaired) electrons. The maximum atomic E-state index is 11.1. The molecule has 0 spiro atoms. The zero-order valence-corrected chi connectivity index (χ0v) is 7.25. The van der Waals surface area contributed by atoms with Gasteiger partial charge in [0.05, 0.1) is 5.56 Å². The van der Waals surface area contributed by atoms with Crippen molar-refractivity contribution in [3.05, 3.63) is 24.3 Å². The highest BCUT2D eigenvalue weighted by Crippen LogP contribution is 1.94. The van der Waals surface area contributed by atoms with Crippen LogP contribution in [-0.4, -0.2) is 21.0 Å². The highest BCUT2D eigenvalue weighted by molar-refractivity contribution is 7.80. The number of hydrogen-bond donors (Lipinski definition) is 2. The monoisotopic (exact) mass is 198 g/mol. The average Bonchev–Trinajstić information content (AvgIpc) is 2.15. The van der Waals surface area contributed by atoms with Gasteiger partial charge in [-0.2, -0.15) is 5.48 Å². The third-order valence-electron chi connectivity index (χ3n) is 1.04. The van der Waals surface area contributed by atoms with Crippen LogP contribution in [0.4, 0.5) is 0 Å². The second-order valence-corrected chi connectivity index (χ2v) is 2.42. The Kier molecular flexibility index (Phi) is 3.09. The summed E-state index contributed by atoms with van der Waals surface area (Å²) in [7, 11) is 0. The molecule has 6 nitrogen and oxygen atoms in total. The summed E-state index contributed by atoms with van der Waals surface area (Å²) in [5.41, 5.74) is 7.29. The maximum absolute atomic E-state index is 11.1. The Bertz CT molecular complexity index is 316. The number of nitrogens with two attached hydrogens (primary N) is 1. The van der Waals surface area contributed by atoms with Crippen LogP contribution in [0.5, 0.6) is 0 Å². The van der Waals surface area contributed by atoms with Crippen molar-refractivity contribution in [2.75, 3.05) is 0 Å². The minimum absolute atomic E-state index is 0.120. The van der Waals surface area contributed by atoms with Crippen molar-refractivity contribution in [3.8, 4) is 0 Å². The zero-order valence-electron chi connectivity index (χ0n) is 6.43. The van der Waals surface area contributed by atoms with Crippen molar-refractivity contribution in [1.29, 1.82) is 0 Å². The molecule has 0 aliphatic rings. The van der Waals surface area contributed by atoms with Crippen LogP contribution in [0.15, 0.2) is 18.7 Å². The smallest absolute Gasteiger partial charge is 0.366 e. The number of nitrogens with zero attached hydrogens (tertiary/aromatic N) is 2. The van der Waals surface area contributed by atoms with Crippen LogP contribution in [0.3, 0.4) is 0 Å². The molecule has 7 heteroatoms. The zero-order chi connectivity index (χ0) is 9.68. The minimum atomic E-state index is -0.645. The van der Waals surface area contributed by atoms with Gasteiger partial charge in [-0.15, -0.1) is 0 Å². The van der Waals surface area contributed by atoms with E-state index in [-0.39, 0.29) is 10.7 Å². The van der Waals surface area contributed by atoms with E-state index in [1.165, 1.54) is 18.7 Å².